The molecule has 0 N–H and O–H groups in total. The molecule has 5 rings (SSSR count). The fourth-order valence-electron chi connectivity index (χ4n) is 4.38. The average molecular weight is 471 g/mol. The Morgan fingerprint density at radius 2 is 1.03 bits per heavy atom. The lowest BCUT2D eigenvalue weighted by molar-refractivity contribution is 1.45. The highest BCUT2D eigenvalue weighted by molar-refractivity contribution is 6.40. The van der Waals surface area contributed by atoms with E-state index in [2.05, 4.69) is 6.07 Å². The van der Waals surface area contributed by atoms with E-state index in [1.807, 2.05) is 55.5 Å². The van der Waals surface area contributed by atoms with E-state index in [0.717, 1.165) is 11.1 Å². The van der Waals surface area contributed by atoms with Crippen LogP contribution in [-0.4, -0.2) is 11.4 Å². The number of benzene rings is 3. The summed E-state index contributed by atoms with van der Waals surface area (Å²) in [5.41, 5.74) is 6.53. The smallest absolute Gasteiger partial charge is 0.139 e. The molecule has 0 saturated heterocycles. The van der Waals surface area contributed by atoms with Crippen LogP contribution in [0.2, 0.25) is 0 Å². The summed E-state index contributed by atoms with van der Waals surface area (Å²) in [4.78, 5) is 9.49. The Labute approximate surface area is 212 Å². The molecule has 0 radical (unpaired) electrons. The topological polar surface area (TPSA) is 144 Å². The summed E-state index contributed by atoms with van der Waals surface area (Å²) >= 11 is 0. The van der Waals surface area contributed by atoms with Crippen LogP contribution in [0.3, 0.4) is 0 Å². The molecule has 3 aromatic carbocycles. The number of nitrogens with zero attached hydrogens (tertiary/aromatic N) is 7. The predicted molar refractivity (Wildman–Crippen MR) is 137 cm³/mol. The largest absolute Gasteiger partial charge is 0.247 e. The number of aryl methyl sites for hydroxylation is 1. The summed E-state index contributed by atoms with van der Waals surface area (Å²) in [6.07, 6.45) is 0. The predicted octanol–water partition coefficient (Wildman–Crippen LogP) is 5.74. The maximum Gasteiger partial charge on any atom is 0.139 e. The first-order chi connectivity index (χ1) is 18.0. The van der Waals surface area contributed by atoms with Gasteiger partial charge in [-0.2, -0.15) is 26.3 Å². The van der Waals surface area contributed by atoms with Crippen LogP contribution in [0.1, 0.15) is 33.4 Å². The van der Waals surface area contributed by atoms with E-state index in [1.54, 1.807) is 36.4 Å². The van der Waals surface area contributed by atoms with Crippen molar-refractivity contribution in [3.63, 3.8) is 0 Å². The zero-order chi connectivity index (χ0) is 26.1. The fourth-order valence-corrected chi connectivity index (χ4v) is 4.38. The molecule has 7 nitrogen and oxygen atoms in total. The van der Waals surface area contributed by atoms with Crippen molar-refractivity contribution in [1.29, 1.82) is 26.3 Å². The minimum Gasteiger partial charge on any atom is -0.247 e. The Balaban J connectivity index is 1.77. The molecule has 0 unspecified atom stereocenters. The summed E-state index contributed by atoms with van der Waals surface area (Å²) in [6, 6.07) is 27.8. The minimum atomic E-state index is -0.120. The third-order valence-electron chi connectivity index (χ3n) is 6.15. The van der Waals surface area contributed by atoms with Gasteiger partial charge >= 0.3 is 0 Å². The molecule has 0 aromatic heterocycles. The third kappa shape index (κ3) is 3.65. The van der Waals surface area contributed by atoms with Crippen molar-refractivity contribution in [2.24, 2.45) is 9.98 Å². The number of allylic oxidation sites excluding steroid dienone is 4. The second kappa shape index (κ2) is 8.94. The van der Waals surface area contributed by atoms with Crippen molar-refractivity contribution in [3.05, 3.63) is 105 Å². The first kappa shape index (κ1) is 22.7. The van der Waals surface area contributed by atoms with E-state index >= 15 is 0 Å². The van der Waals surface area contributed by atoms with Crippen molar-refractivity contribution in [2.45, 2.75) is 6.92 Å². The lowest BCUT2D eigenvalue weighted by Crippen LogP contribution is -2.04. The molecule has 0 spiro atoms. The Kier molecular flexibility index (Phi) is 5.49. The number of nitriles is 5. The van der Waals surface area contributed by atoms with E-state index < -0.39 is 0 Å². The summed E-state index contributed by atoms with van der Waals surface area (Å²) in [5.74, 6) is 0. The summed E-state index contributed by atoms with van der Waals surface area (Å²) in [5, 5.41) is 48.1. The molecule has 0 amide bonds. The van der Waals surface area contributed by atoms with Gasteiger partial charge in [0.1, 0.15) is 35.4 Å². The molecule has 0 atom stereocenters. The van der Waals surface area contributed by atoms with E-state index in [9.17, 15) is 21.0 Å². The quantitative estimate of drug-likeness (QED) is 0.438. The average Bonchev–Trinajstić information content (AvgIpc) is 3.48. The first-order valence-corrected chi connectivity index (χ1v) is 11.1. The van der Waals surface area contributed by atoms with Gasteiger partial charge in [0.05, 0.1) is 34.4 Å². The van der Waals surface area contributed by atoms with Gasteiger partial charge < -0.3 is 0 Å². The molecule has 0 aliphatic carbocycles. The summed E-state index contributed by atoms with van der Waals surface area (Å²) in [6.45, 7) is 1.96. The molecule has 2 aliphatic rings. The van der Waals surface area contributed by atoms with Crippen molar-refractivity contribution in [2.75, 3.05) is 0 Å². The number of hydrogen-bond donors (Lipinski definition) is 0. The molecule has 7 heteroatoms. The standard InChI is InChI=1S/C30H13N7/c1-17-2-6-19(7-3-17)29-27(21(13-32)14-33)23-10-24-26(11-25(23)36-29)37-30(28(24)22(15-34)16-35)20-8-4-18(12-31)5-9-20/h2-11H,1H3. The van der Waals surface area contributed by atoms with Crippen LogP contribution in [0, 0.1) is 63.6 Å². The molecule has 37 heavy (non-hydrogen) atoms. The Morgan fingerprint density at radius 1 is 0.595 bits per heavy atom. The first-order valence-electron chi connectivity index (χ1n) is 11.1. The number of rotatable bonds is 2. The lowest BCUT2D eigenvalue weighted by atomic mass is 9.89. The Hall–Kier alpha value is -6.07. The molecular formula is C30H13N7. The van der Waals surface area contributed by atoms with Crippen LogP contribution < -0.4 is 0 Å². The van der Waals surface area contributed by atoms with Gasteiger partial charge in [-0.15, -0.1) is 0 Å². The maximum absolute atomic E-state index is 9.74. The zero-order valence-corrected chi connectivity index (χ0v) is 19.4. The molecule has 168 valence electrons. The van der Waals surface area contributed by atoms with Gasteiger partial charge in [0.15, 0.2) is 0 Å². The van der Waals surface area contributed by atoms with Crippen LogP contribution in [0.25, 0.3) is 11.1 Å². The number of fused-ring (bicyclic) bond motifs is 2. The second-order valence-corrected chi connectivity index (χ2v) is 8.31. The van der Waals surface area contributed by atoms with E-state index in [0.29, 0.717) is 56.2 Å². The Morgan fingerprint density at radius 3 is 1.43 bits per heavy atom. The van der Waals surface area contributed by atoms with E-state index in [-0.39, 0.29) is 11.1 Å². The summed E-state index contributed by atoms with van der Waals surface area (Å²) < 4.78 is 0. The van der Waals surface area contributed by atoms with Gasteiger partial charge in [-0.05, 0) is 31.2 Å². The summed E-state index contributed by atoms with van der Waals surface area (Å²) in [7, 11) is 0. The van der Waals surface area contributed by atoms with Gasteiger partial charge in [-0.1, -0.05) is 42.0 Å². The van der Waals surface area contributed by atoms with Crippen molar-refractivity contribution < 1.29 is 0 Å². The SMILES string of the molecule is Cc1ccc(C2=Nc3cc4c(cc3C2=C(C#N)C#N)C(=C(C#N)C#N)C(c2ccc(C#N)cc2)=N4)cc1. The highest BCUT2D eigenvalue weighted by atomic mass is 14.8. The molecule has 0 fully saturated rings. The zero-order valence-electron chi connectivity index (χ0n) is 19.4. The van der Waals surface area contributed by atoms with Gasteiger partial charge in [0.25, 0.3) is 0 Å². The van der Waals surface area contributed by atoms with Gasteiger partial charge in [0, 0.05) is 33.4 Å². The molecular weight excluding hydrogens is 458 g/mol. The van der Waals surface area contributed by atoms with Crippen LogP contribution in [0.4, 0.5) is 11.4 Å². The van der Waals surface area contributed by atoms with Gasteiger partial charge in [-0.3, -0.25) is 0 Å². The van der Waals surface area contributed by atoms with Crippen LogP contribution in [-0.2, 0) is 0 Å². The third-order valence-corrected chi connectivity index (χ3v) is 6.15. The fraction of sp³-hybridized carbons (Fsp3) is 0.0333. The maximum atomic E-state index is 9.74. The lowest BCUT2D eigenvalue weighted by Gasteiger charge is -2.09. The van der Waals surface area contributed by atoms with Crippen LogP contribution in [0.5, 0.6) is 0 Å². The normalized spacial score (nSPS) is 12.5. The van der Waals surface area contributed by atoms with Crippen LogP contribution >= 0.6 is 0 Å². The molecule has 0 bridgehead atoms. The second-order valence-electron chi connectivity index (χ2n) is 8.31. The molecule has 2 heterocycles. The minimum absolute atomic E-state index is 0.0874. The van der Waals surface area contributed by atoms with Crippen LogP contribution in [0.15, 0.2) is 81.8 Å². The highest BCUT2D eigenvalue weighted by Gasteiger charge is 2.32. The molecule has 0 saturated carbocycles. The van der Waals surface area contributed by atoms with Gasteiger partial charge in [0.2, 0.25) is 0 Å². The van der Waals surface area contributed by atoms with E-state index in [4.69, 9.17) is 15.2 Å². The number of hydrogen-bond acceptors (Lipinski definition) is 7. The highest BCUT2D eigenvalue weighted by Crippen LogP contribution is 2.47. The van der Waals surface area contributed by atoms with Gasteiger partial charge in [-0.25, -0.2) is 9.98 Å². The Bertz CT molecular complexity index is 1820. The van der Waals surface area contributed by atoms with Crippen molar-refractivity contribution in [1.82, 2.24) is 0 Å². The monoisotopic (exact) mass is 471 g/mol. The van der Waals surface area contributed by atoms with Crippen molar-refractivity contribution >= 4 is 33.9 Å². The molecule has 2 aliphatic heterocycles. The number of aliphatic imine (C=N–C) groups is 2. The molecule has 3 aromatic rings. The van der Waals surface area contributed by atoms with Crippen molar-refractivity contribution in [3.8, 4) is 30.3 Å². The van der Waals surface area contributed by atoms with E-state index in [1.165, 1.54) is 0 Å².